The van der Waals surface area contributed by atoms with Crippen LogP contribution in [0.15, 0.2) is 40.9 Å². The number of hydrogen-bond donors (Lipinski definition) is 1. The summed E-state index contributed by atoms with van der Waals surface area (Å²) < 4.78 is 29.1. The Hall–Kier alpha value is -1.60. The number of rotatable bonds is 4. The number of carbonyl (C=O) groups is 1. The number of amides is 1. The van der Waals surface area contributed by atoms with E-state index in [0.29, 0.717) is 12.2 Å². The van der Waals surface area contributed by atoms with Crippen LogP contribution in [0, 0.1) is 0 Å². The van der Waals surface area contributed by atoms with Crippen molar-refractivity contribution < 1.29 is 17.9 Å². The molecule has 1 atom stereocenters. The van der Waals surface area contributed by atoms with Crippen molar-refractivity contribution >= 4 is 42.4 Å². The van der Waals surface area contributed by atoms with Gasteiger partial charge < -0.3 is 10.1 Å². The minimum atomic E-state index is -3.00. The van der Waals surface area contributed by atoms with Crippen LogP contribution in [0.5, 0.6) is 5.75 Å². The summed E-state index contributed by atoms with van der Waals surface area (Å²) in [6.45, 7) is -0.145. The third kappa shape index (κ3) is 3.84. The molecule has 0 saturated carbocycles. The minimum Gasteiger partial charge on any atom is -0.483 e. The Morgan fingerprint density at radius 1 is 1.26 bits per heavy atom. The summed E-state index contributed by atoms with van der Waals surface area (Å²) in [4.78, 5) is 11.9. The third-order valence-corrected chi connectivity index (χ3v) is 6.37. The van der Waals surface area contributed by atoms with Crippen molar-refractivity contribution in [3.8, 4) is 5.75 Å². The van der Waals surface area contributed by atoms with E-state index in [0.717, 1.165) is 15.2 Å². The van der Waals surface area contributed by atoms with Gasteiger partial charge in [-0.15, -0.1) is 0 Å². The monoisotopic (exact) mass is 397 g/mol. The molecule has 0 unspecified atom stereocenters. The van der Waals surface area contributed by atoms with E-state index in [1.807, 2.05) is 30.3 Å². The van der Waals surface area contributed by atoms with Gasteiger partial charge in [-0.05, 0) is 39.2 Å². The maximum atomic E-state index is 11.9. The van der Waals surface area contributed by atoms with Gasteiger partial charge in [-0.25, -0.2) is 8.42 Å². The van der Waals surface area contributed by atoms with Gasteiger partial charge in [0.05, 0.1) is 16.0 Å². The Kier molecular flexibility index (Phi) is 4.59. The van der Waals surface area contributed by atoms with Crippen LogP contribution in [0.3, 0.4) is 0 Å². The molecule has 3 rings (SSSR count). The lowest BCUT2D eigenvalue weighted by Crippen LogP contribution is -2.38. The van der Waals surface area contributed by atoms with Crippen molar-refractivity contribution in [3.63, 3.8) is 0 Å². The molecule has 1 amide bonds. The number of hydrogen-bond acceptors (Lipinski definition) is 4. The topological polar surface area (TPSA) is 72.5 Å². The maximum Gasteiger partial charge on any atom is 0.258 e. The van der Waals surface area contributed by atoms with Crippen LogP contribution < -0.4 is 10.1 Å². The fourth-order valence-electron chi connectivity index (χ4n) is 2.65. The van der Waals surface area contributed by atoms with Gasteiger partial charge in [-0.2, -0.15) is 0 Å². The van der Waals surface area contributed by atoms with Crippen LogP contribution in [-0.4, -0.2) is 38.5 Å². The molecule has 122 valence electrons. The van der Waals surface area contributed by atoms with Crippen molar-refractivity contribution in [2.24, 2.45) is 0 Å². The summed E-state index contributed by atoms with van der Waals surface area (Å²) in [5.41, 5.74) is 0. The van der Waals surface area contributed by atoms with Crippen molar-refractivity contribution in [2.45, 2.75) is 12.5 Å². The van der Waals surface area contributed by atoms with Crippen LogP contribution >= 0.6 is 15.9 Å². The van der Waals surface area contributed by atoms with E-state index in [9.17, 15) is 13.2 Å². The minimum absolute atomic E-state index is 0.0123. The number of sulfone groups is 1. The first kappa shape index (κ1) is 16.3. The molecule has 0 aliphatic carbocycles. The fraction of sp³-hybridized carbons (Fsp3) is 0.312. The highest BCUT2D eigenvalue weighted by Gasteiger charge is 2.28. The normalized spacial score (nSPS) is 19.6. The number of carbonyl (C=O) groups excluding carboxylic acids is 1. The van der Waals surface area contributed by atoms with E-state index in [-0.39, 0.29) is 30.1 Å². The molecule has 1 aliphatic heterocycles. The number of nitrogens with one attached hydrogen (secondary N) is 1. The molecule has 2 aromatic carbocycles. The molecule has 0 bridgehead atoms. The third-order valence-electron chi connectivity index (χ3n) is 3.78. The number of fused-ring (bicyclic) bond motifs is 1. The zero-order chi connectivity index (χ0) is 16.4. The average Bonchev–Trinajstić information content (AvgIpc) is 2.85. The Labute approximate surface area is 143 Å². The van der Waals surface area contributed by atoms with Gasteiger partial charge in [-0.1, -0.05) is 30.3 Å². The summed E-state index contributed by atoms with van der Waals surface area (Å²) in [5.74, 6) is 0.415. The van der Waals surface area contributed by atoms with Crippen LogP contribution in [0.4, 0.5) is 0 Å². The summed E-state index contributed by atoms with van der Waals surface area (Å²) >= 11 is 3.50. The molecule has 1 N–H and O–H groups in total. The molecule has 1 aliphatic rings. The predicted octanol–water partition coefficient (Wildman–Crippen LogP) is 2.28. The van der Waals surface area contributed by atoms with Gasteiger partial charge in [0, 0.05) is 6.04 Å². The van der Waals surface area contributed by atoms with Crippen LogP contribution in [-0.2, 0) is 14.6 Å². The van der Waals surface area contributed by atoms with E-state index >= 15 is 0 Å². The first-order chi connectivity index (χ1) is 10.9. The van der Waals surface area contributed by atoms with Gasteiger partial charge in [0.15, 0.2) is 16.4 Å². The SMILES string of the molecule is O=C(COc1ccc2ccccc2c1Br)N[C@H]1CCS(=O)(=O)C1. The highest BCUT2D eigenvalue weighted by Crippen LogP contribution is 2.32. The summed E-state index contributed by atoms with van der Waals surface area (Å²) in [7, 11) is -3.00. The zero-order valence-corrected chi connectivity index (χ0v) is 14.7. The molecule has 1 saturated heterocycles. The van der Waals surface area contributed by atoms with Crippen molar-refractivity contribution in [3.05, 3.63) is 40.9 Å². The summed E-state index contributed by atoms with van der Waals surface area (Å²) in [6.07, 6.45) is 0.466. The maximum absolute atomic E-state index is 11.9. The van der Waals surface area contributed by atoms with E-state index in [1.165, 1.54) is 0 Å². The Morgan fingerprint density at radius 2 is 2.04 bits per heavy atom. The highest BCUT2D eigenvalue weighted by atomic mass is 79.9. The van der Waals surface area contributed by atoms with E-state index < -0.39 is 9.84 Å². The second-order valence-electron chi connectivity index (χ2n) is 5.55. The van der Waals surface area contributed by atoms with Gasteiger partial charge in [0.2, 0.25) is 0 Å². The molecule has 1 heterocycles. The first-order valence-electron chi connectivity index (χ1n) is 7.24. The Balaban J connectivity index is 1.62. The molecule has 0 spiro atoms. The quantitative estimate of drug-likeness (QED) is 0.858. The second kappa shape index (κ2) is 6.49. The Morgan fingerprint density at radius 3 is 2.78 bits per heavy atom. The first-order valence-corrected chi connectivity index (χ1v) is 9.86. The molecular weight excluding hydrogens is 382 g/mol. The summed E-state index contributed by atoms with van der Waals surface area (Å²) in [6, 6.07) is 11.3. The van der Waals surface area contributed by atoms with E-state index in [1.54, 1.807) is 6.07 Å². The van der Waals surface area contributed by atoms with E-state index in [2.05, 4.69) is 21.2 Å². The molecule has 0 radical (unpaired) electrons. The second-order valence-corrected chi connectivity index (χ2v) is 8.58. The zero-order valence-electron chi connectivity index (χ0n) is 12.3. The van der Waals surface area contributed by atoms with E-state index in [4.69, 9.17) is 4.74 Å². The molecule has 23 heavy (non-hydrogen) atoms. The van der Waals surface area contributed by atoms with Crippen molar-refractivity contribution in [1.29, 1.82) is 0 Å². The van der Waals surface area contributed by atoms with Crippen molar-refractivity contribution in [1.82, 2.24) is 5.32 Å². The lowest BCUT2D eigenvalue weighted by molar-refractivity contribution is -0.123. The van der Waals surface area contributed by atoms with Crippen molar-refractivity contribution in [2.75, 3.05) is 18.1 Å². The number of ether oxygens (including phenoxy) is 1. The lowest BCUT2D eigenvalue weighted by atomic mass is 10.1. The van der Waals surface area contributed by atoms with Crippen LogP contribution in [0.1, 0.15) is 6.42 Å². The smallest absolute Gasteiger partial charge is 0.258 e. The molecule has 2 aromatic rings. The number of benzene rings is 2. The molecule has 1 fully saturated rings. The summed E-state index contributed by atoms with van der Waals surface area (Å²) in [5, 5.41) is 4.79. The van der Waals surface area contributed by atoms with Crippen LogP contribution in [0.2, 0.25) is 0 Å². The highest BCUT2D eigenvalue weighted by molar-refractivity contribution is 9.10. The molecule has 0 aromatic heterocycles. The van der Waals surface area contributed by atoms with Gasteiger partial charge in [-0.3, -0.25) is 4.79 Å². The van der Waals surface area contributed by atoms with Gasteiger partial charge >= 0.3 is 0 Å². The average molecular weight is 398 g/mol. The molecule has 7 heteroatoms. The fourth-order valence-corrected chi connectivity index (χ4v) is 4.93. The largest absolute Gasteiger partial charge is 0.483 e. The molecule has 5 nitrogen and oxygen atoms in total. The van der Waals surface area contributed by atoms with Gasteiger partial charge in [0.1, 0.15) is 5.75 Å². The predicted molar refractivity (Wildman–Crippen MR) is 92.3 cm³/mol. The lowest BCUT2D eigenvalue weighted by Gasteiger charge is -2.13. The standard InChI is InChI=1S/C16H16BrNO4S/c17-16-13-4-2-1-3-11(13)5-6-14(16)22-9-15(19)18-12-7-8-23(20,21)10-12/h1-6,12H,7-10H2,(H,18,19)/t12-/m0/s1. The van der Waals surface area contributed by atoms with Crippen LogP contribution in [0.25, 0.3) is 10.8 Å². The molecular formula is C16H16BrNO4S. The number of halogens is 1. The Bertz CT molecular complexity index is 850. The van der Waals surface area contributed by atoms with Gasteiger partial charge in [0.25, 0.3) is 5.91 Å².